The Kier molecular flexibility index (Phi) is 15.2. The molecule has 0 saturated heterocycles. The maximum Gasteiger partial charge on any atom is 0.364 e. The predicted octanol–water partition coefficient (Wildman–Crippen LogP) is 2.80. The second-order valence-electron chi connectivity index (χ2n) is 14.5. The van der Waals surface area contributed by atoms with Crippen molar-refractivity contribution in [1.29, 1.82) is 0 Å². The molecule has 2 heterocycles. The lowest BCUT2D eigenvalue weighted by molar-refractivity contribution is -0.279. The van der Waals surface area contributed by atoms with Crippen molar-refractivity contribution in [3.05, 3.63) is 88.4 Å². The van der Waals surface area contributed by atoms with Crippen molar-refractivity contribution in [3.8, 4) is 5.75 Å². The second kappa shape index (κ2) is 19.8. The molecule has 57 heavy (non-hydrogen) atoms. The zero-order valence-corrected chi connectivity index (χ0v) is 33.9. The van der Waals surface area contributed by atoms with E-state index in [9.17, 15) is 44.7 Å². The van der Waals surface area contributed by atoms with Gasteiger partial charge in [-0.25, -0.2) is 9.48 Å². The fourth-order valence-electron chi connectivity index (χ4n) is 6.88. The van der Waals surface area contributed by atoms with Crippen LogP contribution in [0.25, 0.3) is 0 Å². The Morgan fingerprint density at radius 1 is 1.09 bits per heavy atom. The number of phenolic OH excluding ortho intramolecular Hbond substituents is 1. The van der Waals surface area contributed by atoms with Crippen LogP contribution in [0.1, 0.15) is 77.2 Å². The number of carboxylic acid groups (broad SMARTS) is 1. The lowest BCUT2D eigenvalue weighted by Gasteiger charge is -2.35. The average Bonchev–Trinajstić information content (AvgIpc) is 3.60. The number of carbonyl (C=O) groups is 4. The number of aliphatic hydroxyl groups excluding tert-OH is 3. The molecule has 3 amide bonds. The first-order valence-electron chi connectivity index (χ1n) is 18.7. The van der Waals surface area contributed by atoms with Gasteiger partial charge < -0.3 is 50.5 Å². The first kappa shape index (κ1) is 43.6. The summed E-state index contributed by atoms with van der Waals surface area (Å²) < 4.78 is 12.6. The van der Waals surface area contributed by atoms with Crippen LogP contribution in [0.3, 0.4) is 0 Å². The minimum atomic E-state index is -2.71. The number of halogens is 1. The van der Waals surface area contributed by atoms with Crippen LogP contribution in [-0.4, -0.2) is 117 Å². The summed E-state index contributed by atoms with van der Waals surface area (Å²) in [6.45, 7) is 1.93. The highest BCUT2D eigenvalue weighted by Gasteiger charge is 2.50. The number of amides is 3. The number of aromatic hydroxyl groups is 1. The van der Waals surface area contributed by atoms with Gasteiger partial charge >= 0.3 is 5.97 Å². The van der Waals surface area contributed by atoms with Crippen LogP contribution in [-0.2, 0) is 32.0 Å². The Balaban J connectivity index is 1.35. The van der Waals surface area contributed by atoms with Crippen LogP contribution in [0.5, 0.6) is 5.75 Å². The van der Waals surface area contributed by atoms with E-state index in [2.05, 4.69) is 20.9 Å². The van der Waals surface area contributed by atoms with Crippen molar-refractivity contribution in [3.63, 3.8) is 0 Å². The van der Waals surface area contributed by atoms with Crippen LogP contribution in [0.15, 0.2) is 60.4 Å². The van der Waals surface area contributed by atoms with E-state index in [1.807, 2.05) is 30.3 Å². The number of carboxylic acids is 1. The number of hydrogen-bond donors (Lipinski definition) is 7. The molecule has 2 aliphatic rings. The number of benzene rings is 2. The largest absolute Gasteiger partial charge is 0.507 e. The summed E-state index contributed by atoms with van der Waals surface area (Å²) in [6.07, 6.45) is 0.413. The summed E-state index contributed by atoms with van der Waals surface area (Å²) in [5.74, 6) is -5.45. The van der Waals surface area contributed by atoms with Crippen LogP contribution in [0.2, 0.25) is 0 Å². The van der Waals surface area contributed by atoms with Gasteiger partial charge in [0.25, 0.3) is 15.6 Å². The Labute approximate surface area is 343 Å². The number of aliphatic hydroxyl groups is 3. The molecular weight excluding hydrogens is 855 g/mol. The van der Waals surface area contributed by atoms with Gasteiger partial charge in [-0.15, -0.1) is 5.10 Å². The molecule has 1 aliphatic carbocycles. The number of aromatic nitrogens is 3. The van der Waals surface area contributed by atoms with Gasteiger partial charge in [-0.05, 0) is 68.0 Å². The normalized spacial score (nSPS) is 21.1. The SMILES string of the molecule is Cc1cc(C(=O)NC[C@@H](O)[C@@H](O)C2C=C(NC(=O)Cn3cc(C4CCCCC4)nn3)C(O)C[C@](OCN(CCc3ccccc3)C(=O)I)(C(=O)O)O2)cc(C)c1O. The highest BCUT2D eigenvalue weighted by atomic mass is 127. The number of hydrogen-bond acceptors (Lipinski definition) is 12. The predicted molar refractivity (Wildman–Crippen MR) is 212 cm³/mol. The molecule has 7 N–H and O–H groups in total. The van der Waals surface area contributed by atoms with E-state index >= 15 is 0 Å². The molecule has 308 valence electrons. The van der Waals surface area contributed by atoms with E-state index in [0.29, 0.717) is 17.5 Å². The Hall–Kier alpha value is -4.47. The zero-order valence-electron chi connectivity index (χ0n) is 31.7. The van der Waals surface area contributed by atoms with Crippen LogP contribution < -0.4 is 10.6 Å². The summed E-state index contributed by atoms with van der Waals surface area (Å²) in [4.78, 5) is 53.2. The van der Waals surface area contributed by atoms with E-state index in [1.165, 1.54) is 21.7 Å². The monoisotopic (exact) mass is 904 g/mol. The summed E-state index contributed by atoms with van der Waals surface area (Å²) in [7, 11) is 0. The summed E-state index contributed by atoms with van der Waals surface area (Å²) >= 11 is 1.54. The minimum Gasteiger partial charge on any atom is -0.507 e. The average molecular weight is 905 g/mol. The number of rotatable bonds is 16. The van der Waals surface area contributed by atoms with Crippen molar-refractivity contribution in [1.82, 2.24) is 30.5 Å². The standard InChI is InChI=1S/C39H49IN6O11/c1-23-15-27(16-24(2)34(23)50)36(52)41-19-31(48)35(51)32-17-28(42-33(49)21-46-20-29(43-44-46)26-11-7-4-8-12-26)30(47)18-39(57-32,37(53)54)56-22-45(38(40)55)14-13-25-9-5-3-6-10-25/h3,5-6,9-10,15-17,20,26,30-32,35,47-48,50-51H,4,7-8,11-14,18-19,21-22H2,1-2H3,(H,41,52)(H,42,49)(H,53,54)/t30?,31-,32?,35-,39-/m1/s1. The molecule has 2 aromatic carbocycles. The molecule has 1 fully saturated rings. The van der Waals surface area contributed by atoms with Crippen molar-refractivity contribution in [2.24, 2.45) is 0 Å². The number of aliphatic carboxylic acids is 1. The highest BCUT2D eigenvalue weighted by Crippen LogP contribution is 2.33. The summed E-state index contributed by atoms with van der Waals surface area (Å²) in [6, 6.07) is 12.2. The first-order valence-corrected chi connectivity index (χ1v) is 19.8. The highest BCUT2D eigenvalue weighted by molar-refractivity contribution is 14.1. The van der Waals surface area contributed by atoms with Crippen LogP contribution >= 0.6 is 22.6 Å². The van der Waals surface area contributed by atoms with Gasteiger partial charge in [-0.3, -0.25) is 14.4 Å². The number of phenols is 1. The Bertz CT molecular complexity index is 1900. The fourth-order valence-corrected chi connectivity index (χ4v) is 7.26. The van der Waals surface area contributed by atoms with Crippen molar-refractivity contribution >= 4 is 44.3 Å². The maximum absolute atomic E-state index is 13.3. The van der Waals surface area contributed by atoms with E-state index < -0.39 is 71.6 Å². The molecule has 17 nitrogen and oxygen atoms in total. The van der Waals surface area contributed by atoms with Gasteiger partial charge in [0.05, 0.1) is 11.8 Å². The van der Waals surface area contributed by atoms with Crippen LogP contribution in [0, 0.1) is 13.8 Å². The van der Waals surface area contributed by atoms with Crippen molar-refractivity contribution in [2.75, 3.05) is 19.8 Å². The molecule has 1 saturated carbocycles. The van der Waals surface area contributed by atoms with Gasteiger partial charge in [-0.1, -0.05) is 54.8 Å². The molecule has 1 aromatic heterocycles. The van der Waals surface area contributed by atoms with Gasteiger partial charge in [0.1, 0.15) is 37.3 Å². The summed E-state index contributed by atoms with van der Waals surface area (Å²) in [5.41, 5.74) is 2.52. The van der Waals surface area contributed by atoms with Gasteiger partial charge in [0, 0.05) is 65.5 Å². The smallest absolute Gasteiger partial charge is 0.364 e. The second-order valence-corrected chi connectivity index (χ2v) is 15.4. The molecule has 5 atom stereocenters. The molecular formula is C39H49IN6O11. The number of nitrogens with zero attached hydrogens (tertiary/aromatic N) is 4. The van der Waals surface area contributed by atoms with E-state index in [0.717, 1.165) is 49.4 Å². The molecule has 18 heteroatoms. The number of ether oxygens (including phenoxy) is 2. The van der Waals surface area contributed by atoms with E-state index in [-0.39, 0.29) is 36.0 Å². The van der Waals surface area contributed by atoms with Crippen molar-refractivity contribution in [2.45, 2.75) is 101 Å². The number of nitrogens with one attached hydrogen (secondary N) is 2. The molecule has 0 radical (unpaired) electrons. The lowest BCUT2D eigenvalue weighted by Crippen LogP contribution is -2.53. The molecule has 1 aliphatic heterocycles. The molecule has 0 bridgehead atoms. The molecule has 0 spiro atoms. The van der Waals surface area contributed by atoms with Crippen LogP contribution in [0.4, 0.5) is 4.79 Å². The first-order chi connectivity index (χ1) is 27.2. The Morgan fingerprint density at radius 2 is 1.77 bits per heavy atom. The lowest BCUT2D eigenvalue weighted by atomic mass is 9.87. The minimum absolute atomic E-state index is 0.0289. The summed E-state index contributed by atoms with van der Waals surface area (Å²) in [5, 5.41) is 68.0. The topological polar surface area (TPSA) is 246 Å². The molecule has 5 rings (SSSR count). The van der Waals surface area contributed by atoms with Gasteiger partial charge in [-0.2, -0.15) is 0 Å². The molecule has 3 aromatic rings. The van der Waals surface area contributed by atoms with Gasteiger partial charge in [0.15, 0.2) is 0 Å². The third-order valence-electron chi connectivity index (χ3n) is 10.2. The van der Waals surface area contributed by atoms with Crippen molar-refractivity contribution < 1.29 is 54.2 Å². The quantitative estimate of drug-likeness (QED) is 0.0474. The third kappa shape index (κ3) is 11.6. The van der Waals surface area contributed by atoms with E-state index in [4.69, 9.17) is 9.47 Å². The Morgan fingerprint density at radius 3 is 2.42 bits per heavy atom. The van der Waals surface area contributed by atoms with Gasteiger partial charge in [0.2, 0.25) is 5.91 Å². The third-order valence-corrected chi connectivity index (χ3v) is 10.8. The zero-order chi connectivity index (χ0) is 41.3. The number of aryl methyl sites for hydroxylation is 2. The fraction of sp³-hybridized carbons (Fsp3) is 0.487. The maximum atomic E-state index is 13.3. The number of carbonyl (C=O) groups excluding carboxylic acids is 3. The molecule has 2 unspecified atom stereocenters. The van der Waals surface area contributed by atoms with E-state index in [1.54, 1.807) is 42.6 Å².